The van der Waals surface area contributed by atoms with Gasteiger partial charge in [-0.3, -0.25) is 4.79 Å². The summed E-state index contributed by atoms with van der Waals surface area (Å²) >= 11 is 3.56. The molecule has 3 rings (SSSR count). The summed E-state index contributed by atoms with van der Waals surface area (Å²) in [7, 11) is 1.32. The van der Waals surface area contributed by atoms with Crippen molar-refractivity contribution >= 4 is 33.6 Å². The maximum atomic E-state index is 12.7. The van der Waals surface area contributed by atoms with Gasteiger partial charge < -0.3 is 19.7 Å². The number of benzene rings is 2. The van der Waals surface area contributed by atoms with Crippen molar-refractivity contribution in [1.82, 2.24) is 10.3 Å². The van der Waals surface area contributed by atoms with Crippen molar-refractivity contribution in [1.29, 1.82) is 0 Å². The molecule has 1 aromatic heterocycles. The van der Waals surface area contributed by atoms with Gasteiger partial charge in [0.25, 0.3) is 5.91 Å². The van der Waals surface area contributed by atoms with Crippen LogP contribution in [-0.4, -0.2) is 36.6 Å². The number of esters is 1. The zero-order valence-electron chi connectivity index (χ0n) is 20.9. The van der Waals surface area contributed by atoms with E-state index in [1.165, 1.54) is 13.3 Å². The summed E-state index contributed by atoms with van der Waals surface area (Å²) in [6.45, 7) is 5.77. The maximum Gasteiger partial charge on any atom is 0.328 e. The molecule has 0 aliphatic rings. The third-order valence-corrected chi connectivity index (χ3v) is 6.20. The first-order valence-electron chi connectivity index (χ1n) is 12.0. The molecular weight excluding hydrogens is 522 g/mol. The fourth-order valence-electron chi connectivity index (χ4n) is 3.74. The van der Waals surface area contributed by atoms with Gasteiger partial charge in [-0.1, -0.05) is 59.6 Å². The predicted molar refractivity (Wildman–Crippen MR) is 144 cm³/mol. The van der Waals surface area contributed by atoms with Gasteiger partial charge in [0.05, 0.1) is 12.7 Å². The zero-order chi connectivity index (χ0) is 25.9. The van der Waals surface area contributed by atoms with Gasteiger partial charge >= 0.3 is 5.97 Å². The van der Waals surface area contributed by atoms with Crippen LogP contribution in [-0.2, 0) is 22.7 Å². The Morgan fingerprint density at radius 1 is 1.08 bits per heavy atom. The third-order valence-electron chi connectivity index (χ3n) is 5.71. The molecule has 0 spiro atoms. The van der Waals surface area contributed by atoms with Crippen molar-refractivity contribution in [3.05, 3.63) is 88.0 Å². The first-order chi connectivity index (χ1) is 17.4. The van der Waals surface area contributed by atoms with Crippen molar-refractivity contribution in [2.75, 3.05) is 18.6 Å². The van der Waals surface area contributed by atoms with Crippen LogP contribution in [0, 0.1) is 0 Å². The molecule has 0 bridgehead atoms. The first-order valence-corrected chi connectivity index (χ1v) is 12.8. The molecule has 1 heterocycles. The Bertz CT molecular complexity index is 1140. The number of halogens is 1. The van der Waals surface area contributed by atoms with E-state index >= 15 is 0 Å². The number of ether oxygens (including phenoxy) is 2. The van der Waals surface area contributed by atoms with Crippen LogP contribution >= 0.6 is 15.9 Å². The standard InChI is InChI=1S/C28H32BrN3O4/c1-4-9-24(28(34)35-3)31-27(33)21-12-15-26(30-17-21)32(5-2)18-22-16-23(29)13-14-25(22)36-19-20-10-7-6-8-11-20/h6-8,10-17,24H,4-5,9,18-19H2,1-3H3,(H,31,33). The molecule has 1 unspecified atom stereocenters. The number of nitrogens with one attached hydrogen (secondary N) is 1. The van der Waals surface area contributed by atoms with Crippen LogP contribution in [0.2, 0.25) is 0 Å². The normalized spacial score (nSPS) is 11.4. The van der Waals surface area contributed by atoms with Crippen LogP contribution in [0.3, 0.4) is 0 Å². The summed E-state index contributed by atoms with van der Waals surface area (Å²) in [4.78, 5) is 31.2. The van der Waals surface area contributed by atoms with Gasteiger partial charge in [0, 0.05) is 29.3 Å². The SMILES string of the molecule is CCCC(NC(=O)c1ccc(N(CC)Cc2cc(Br)ccc2OCc2ccccc2)nc1)C(=O)OC. The van der Waals surface area contributed by atoms with E-state index in [9.17, 15) is 9.59 Å². The Morgan fingerprint density at radius 2 is 1.86 bits per heavy atom. The topological polar surface area (TPSA) is 80.8 Å². The first kappa shape index (κ1) is 27.2. The van der Waals surface area contributed by atoms with E-state index < -0.39 is 12.0 Å². The molecule has 0 saturated carbocycles. The average molecular weight is 554 g/mol. The molecular formula is C28H32BrN3O4. The van der Waals surface area contributed by atoms with Gasteiger partial charge in [0.15, 0.2) is 0 Å². The molecule has 1 N–H and O–H groups in total. The highest BCUT2D eigenvalue weighted by Gasteiger charge is 2.21. The van der Waals surface area contributed by atoms with Crippen molar-refractivity contribution in [2.45, 2.75) is 45.9 Å². The Kier molecular flexibility index (Phi) is 10.3. The molecule has 0 fully saturated rings. The number of methoxy groups -OCH3 is 1. The van der Waals surface area contributed by atoms with E-state index in [0.717, 1.165) is 33.6 Å². The molecule has 7 nitrogen and oxygen atoms in total. The van der Waals surface area contributed by atoms with Crippen molar-refractivity contribution in [2.24, 2.45) is 0 Å². The zero-order valence-corrected chi connectivity index (χ0v) is 22.5. The van der Waals surface area contributed by atoms with Gasteiger partial charge in [-0.25, -0.2) is 9.78 Å². The van der Waals surface area contributed by atoms with Crippen molar-refractivity contribution in [3.8, 4) is 5.75 Å². The van der Waals surface area contributed by atoms with E-state index in [4.69, 9.17) is 9.47 Å². The Labute approximate surface area is 221 Å². The fraction of sp³-hybridized carbons (Fsp3) is 0.321. The van der Waals surface area contributed by atoms with Crippen LogP contribution in [0.4, 0.5) is 5.82 Å². The minimum absolute atomic E-state index is 0.357. The maximum absolute atomic E-state index is 12.7. The van der Waals surface area contributed by atoms with E-state index in [0.29, 0.717) is 31.7 Å². The number of pyridine rings is 1. The average Bonchev–Trinajstić information content (AvgIpc) is 2.91. The van der Waals surface area contributed by atoms with Crippen LogP contribution in [0.15, 0.2) is 71.3 Å². The number of amides is 1. The number of anilines is 1. The van der Waals surface area contributed by atoms with Gasteiger partial charge in [-0.05, 0) is 49.2 Å². The van der Waals surface area contributed by atoms with Crippen LogP contribution in [0.1, 0.15) is 48.2 Å². The molecule has 190 valence electrons. The summed E-state index contributed by atoms with van der Waals surface area (Å²) in [5, 5.41) is 2.74. The van der Waals surface area contributed by atoms with Gasteiger partial charge in [-0.2, -0.15) is 0 Å². The Morgan fingerprint density at radius 3 is 2.50 bits per heavy atom. The predicted octanol–water partition coefficient (Wildman–Crippen LogP) is 5.52. The van der Waals surface area contributed by atoms with Gasteiger partial charge in [0.1, 0.15) is 24.2 Å². The monoisotopic (exact) mass is 553 g/mol. The number of nitrogens with zero attached hydrogens (tertiary/aromatic N) is 2. The van der Waals surface area contributed by atoms with E-state index in [1.54, 1.807) is 6.07 Å². The molecule has 0 aliphatic carbocycles. The lowest BCUT2D eigenvalue weighted by Gasteiger charge is -2.24. The summed E-state index contributed by atoms with van der Waals surface area (Å²) in [5.74, 6) is 0.734. The molecule has 3 aromatic rings. The lowest BCUT2D eigenvalue weighted by atomic mass is 10.1. The van der Waals surface area contributed by atoms with Crippen molar-refractivity contribution in [3.63, 3.8) is 0 Å². The minimum Gasteiger partial charge on any atom is -0.489 e. The Hall–Kier alpha value is -3.39. The number of carbonyl (C=O) groups is 2. The largest absolute Gasteiger partial charge is 0.489 e. The smallest absolute Gasteiger partial charge is 0.328 e. The molecule has 0 radical (unpaired) electrons. The van der Waals surface area contributed by atoms with Gasteiger partial charge in [-0.15, -0.1) is 0 Å². The van der Waals surface area contributed by atoms with Crippen LogP contribution in [0.25, 0.3) is 0 Å². The highest BCUT2D eigenvalue weighted by atomic mass is 79.9. The number of aromatic nitrogens is 1. The lowest BCUT2D eigenvalue weighted by Crippen LogP contribution is -2.41. The van der Waals surface area contributed by atoms with Crippen LogP contribution < -0.4 is 15.0 Å². The van der Waals surface area contributed by atoms with E-state index in [-0.39, 0.29) is 5.91 Å². The molecule has 0 aliphatic heterocycles. The van der Waals surface area contributed by atoms with E-state index in [2.05, 4.69) is 38.1 Å². The fourth-order valence-corrected chi connectivity index (χ4v) is 4.15. The highest BCUT2D eigenvalue weighted by Crippen LogP contribution is 2.27. The summed E-state index contributed by atoms with van der Waals surface area (Å²) in [6.07, 6.45) is 2.78. The number of hydrogen-bond acceptors (Lipinski definition) is 6. The molecule has 1 amide bonds. The lowest BCUT2D eigenvalue weighted by molar-refractivity contribution is -0.143. The molecule has 2 aromatic carbocycles. The minimum atomic E-state index is -0.676. The van der Waals surface area contributed by atoms with Crippen LogP contribution in [0.5, 0.6) is 5.75 Å². The second kappa shape index (κ2) is 13.6. The molecule has 1 atom stereocenters. The third kappa shape index (κ3) is 7.55. The quantitative estimate of drug-likeness (QED) is 0.297. The summed E-state index contributed by atoms with van der Waals surface area (Å²) in [6, 6.07) is 18.9. The molecule has 0 saturated heterocycles. The van der Waals surface area contributed by atoms with Gasteiger partial charge in [0.2, 0.25) is 0 Å². The second-order valence-electron chi connectivity index (χ2n) is 8.28. The Balaban J connectivity index is 1.71. The summed E-state index contributed by atoms with van der Waals surface area (Å²) < 4.78 is 11.9. The molecule has 36 heavy (non-hydrogen) atoms. The second-order valence-corrected chi connectivity index (χ2v) is 9.20. The summed E-state index contributed by atoms with van der Waals surface area (Å²) in [5.41, 5.74) is 2.50. The number of hydrogen-bond donors (Lipinski definition) is 1. The van der Waals surface area contributed by atoms with E-state index in [1.807, 2.05) is 61.5 Å². The number of rotatable bonds is 12. The number of carbonyl (C=O) groups excluding carboxylic acids is 2. The molecule has 8 heteroatoms. The van der Waals surface area contributed by atoms with Crippen molar-refractivity contribution < 1.29 is 19.1 Å². The highest BCUT2D eigenvalue weighted by molar-refractivity contribution is 9.10.